The largest absolute Gasteiger partial charge is 0.374 e. The van der Waals surface area contributed by atoms with Crippen LogP contribution in [0.25, 0.3) is 0 Å². The Hall–Kier alpha value is -1.72. The molecule has 0 aliphatic rings. The van der Waals surface area contributed by atoms with Gasteiger partial charge in [-0.05, 0) is 26.3 Å². The van der Waals surface area contributed by atoms with E-state index in [1.54, 1.807) is 0 Å². The number of imide groups is 1. The van der Waals surface area contributed by atoms with Crippen molar-refractivity contribution in [3.63, 3.8) is 0 Å². The van der Waals surface area contributed by atoms with Gasteiger partial charge in [-0.2, -0.15) is 0 Å². The fraction of sp³-hybridized carbons (Fsp3) is 0.500. The minimum Gasteiger partial charge on any atom is -0.374 e. The number of hydrogen-bond acceptors (Lipinski definition) is 4. The molecule has 5 heteroatoms. The van der Waals surface area contributed by atoms with Crippen molar-refractivity contribution in [2.24, 2.45) is 5.73 Å². The summed E-state index contributed by atoms with van der Waals surface area (Å²) < 4.78 is 5.51. The molecule has 0 aliphatic heterocycles. The van der Waals surface area contributed by atoms with Crippen LogP contribution in [0, 0.1) is 0 Å². The van der Waals surface area contributed by atoms with Gasteiger partial charge < -0.3 is 10.5 Å². The summed E-state index contributed by atoms with van der Waals surface area (Å²) in [6.45, 7) is 7.32. The number of carbonyl (C=O) groups is 2. The Balaban J connectivity index is 2.71. The second-order valence-electron chi connectivity index (χ2n) is 5.96. The van der Waals surface area contributed by atoms with Crippen LogP contribution in [-0.4, -0.2) is 35.0 Å². The van der Waals surface area contributed by atoms with E-state index >= 15 is 0 Å². The van der Waals surface area contributed by atoms with Crippen molar-refractivity contribution in [3.8, 4) is 0 Å². The number of ether oxygens (including phenoxy) is 1. The molecule has 1 aromatic rings. The molecular formula is C16H24N2O3. The molecule has 0 saturated carbocycles. The third-order valence-corrected chi connectivity index (χ3v) is 2.84. The number of carbonyl (C=O) groups excluding carboxylic acids is 2. The van der Waals surface area contributed by atoms with E-state index in [2.05, 4.69) is 0 Å². The van der Waals surface area contributed by atoms with Crippen LogP contribution in [-0.2, 0) is 20.9 Å². The number of amides is 2. The van der Waals surface area contributed by atoms with E-state index in [9.17, 15) is 9.59 Å². The van der Waals surface area contributed by atoms with Gasteiger partial charge in [0, 0.05) is 6.92 Å². The highest BCUT2D eigenvalue weighted by atomic mass is 16.5. The maximum absolute atomic E-state index is 12.3. The van der Waals surface area contributed by atoms with Crippen LogP contribution in [0.15, 0.2) is 30.3 Å². The molecule has 0 aromatic heterocycles. The molecule has 0 bridgehead atoms. The summed E-state index contributed by atoms with van der Waals surface area (Å²) in [4.78, 5) is 25.2. The molecule has 0 aliphatic carbocycles. The number of benzene rings is 1. The van der Waals surface area contributed by atoms with Gasteiger partial charge in [0.05, 0.1) is 18.8 Å². The molecule has 116 valence electrons. The summed E-state index contributed by atoms with van der Waals surface area (Å²) in [5.74, 6) is -0.745. The van der Waals surface area contributed by atoms with Gasteiger partial charge in [-0.25, -0.2) is 0 Å². The van der Waals surface area contributed by atoms with E-state index in [0.29, 0.717) is 0 Å². The van der Waals surface area contributed by atoms with Crippen LogP contribution in [0.2, 0.25) is 0 Å². The van der Waals surface area contributed by atoms with Gasteiger partial charge in [0.15, 0.2) is 0 Å². The second kappa shape index (κ2) is 7.33. The Kier molecular flexibility index (Phi) is 6.05. The highest BCUT2D eigenvalue weighted by Crippen LogP contribution is 2.10. The smallest absolute Gasteiger partial charge is 0.248 e. The molecule has 0 spiro atoms. The molecule has 0 saturated heterocycles. The van der Waals surface area contributed by atoms with Gasteiger partial charge >= 0.3 is 0 Å². The standard InChI is InChI=1S/C16H24N2O3/c1-12(19)18(10-13-8-6-5-7-9-13)15(20)14(17)11-21-16(2,3)4/h5-9,14H,10-11,17H2,1-4H3/t14-/m1/s1. The van der Waals surface area contributed by atoms with E-state index in [4.69, 9.17) is 10.5 Å². The van der Waals surface area contributed by atoms with Crippen molar-refractivity contribution >= 4 is 11.8 Å². The quantitative estimate of drug-likeness (QED) is 0.896. The first-order valence-corrected chi connectivity index (χ1v) is 6.96. The number of nitrogens with two attached hydrogens (primary N) is 1. The van der Waals surface area contributed by atoms with Crippen molar-refractivity contribution in [3.05, 3.63) is 35.9 Å². The number of hydrogen-bond donors (Lipinski definition) is 1. The second-order valence-corrected chi connectivity index (χ2v) is 5.96. The number of rotatable bonds is 5. The van der Waals surface area contributed by atoms with Crippen molar-refractivity contribution in [1.29, 1.82) is 0 Å². The fourth-order valence-electron chi connectivity index (χ4n) is 1.72. The minimum atomic E-state index is -0.850. The Morgan fingerprint density at radius 3 is 2.29 bits per heavy atom. The van der Waals surface area contributed by atoms with Crippen LogP contribution >= 0.6 is 0 Å². The maximum Gasteiger partial charge on any atom is 0.248 e. The van der Waals surface area contributed by atoms with E-state index < -0.39 is 11.9 Å². The van der Waals surface area contributed by atoms with Crippen molar-refractivity contribution in [2.45, 2.75) is 45.9 Å². The van der Waals surface area contributed by atoms with E-state index in [1.165, 1.54) is 6.92 Å². The predicted octanol–water partition coefficient (Wildman–Crippen LogP) is 1.70. The lowest BCUT2D eigenvalue weighted by Crippen LogP contribution is -2.48. The summed E-state index contributed by atoms with van der Waals surface area (Å²) in [7, 11) is 0. The Morgan fingerprint density at radius 1 is 1.24 bits per heavy atom. The molecule has 1 atom stereocenters. The molecule has 21 heavy (non-hydrogen) atoms. The third kappa shape index (κ3) is 6.06. The molecule has 1 rings (SSSR count). The summed E-state index contributed by atoms with van der Waals surface area (Å²) in [5.41, 5.74) is 6.35. The van der Waals surface area contributed by atoms with Crippen LogP contribution in [0.1, 0.15) is 33.3 Å². The highest BCUT2D eigenvalue weighted by Gasteiger charge is 2.26. The van der Waals surface area contributed by atoms with Gasteiger partial charge in [-0.1, -0.05) is 30.3 Å². The van der Waals surface area contributed by atoms with Crippen LogP contribution in [0.3, 0.4) is 0 Å². The maximum atomic E-state index is 12.3. The van der Waals surface area contributed by atoms with Crippen LogP contribution in [0.5, 0.6) is 0 Å². The zero-order chi connectivity index (χ0) is 16.0. The lowest BCUT2D eigenvalue weighted by molar-refractivity contribution is -0.146. The van der Waals surface area contributed by atoms with Gasteiger partial charge in [0.2, 0.25) is 11.8 Å². The summed E-state index contributed by atoms with van der Waals surface area (Å²) in [5, 5.41) is 0. The van der Waals surface area contributed by atoms with Gasteiger partial charge in [0.1, 0.15) is 6.04 Å². The first-order chi connectivity index (χ1) is 9.70. The Bertz CT molecular complexity index is 480. The average molecular weight is 292 g/mol. The summed E-state index contributed by atoms with van der Waals surface area (Å²) in [6.07, 6.45) is 0. The molecule has 5 nitrogen and oxygen atoms in total. The first kappa shape index (κ1) is 17.3. The van der Waals surface area contributed by atoms with Crippen LogP contribution in [0.4, 0.5) is 0 Å². The lowest BCUT2D eigenvalue weighted by Gasteiger charge is -2.26. The van der Waals surface area contributed by atoms with E-state index in [-0.39, 0.29) is 24.7 Å². The lowest BCUT2D eigenvalue weighted by atomic mass is 10.1. The normalized spacial score (nSPS) is 12.8. The third-order valence-electron chi connectivity index (χ3n) is 2.84. The van der Waals surface area contributed by atoms with Crippen molar-refractivity contribution in [1.82, 2.24) is 4.90 Å². The molecule has 0 heterocycles. The average Bonchev–Trinajstić information content (AvgIpc) is 2.41. The van der Waals surface area contributed by atoms with Gasteiger partial charge in [0.25, 0.3) is 0 Å². The molecular weight excluding hydrogens is 268 g/mol. The molecule has 2 amide bonds. The zero-order valence-corrected chi connectivity index (χ0v) is 13.1. The molecule has 1 aromatic carbocycles. The molecule has 0 unspecified atom stereocenters. The number of nitrogens with zero attached hydrogens (tertiary/aromatic N) is 1. The summed E-state index contributed by atoms with van der Waals surface area (Å²) >= 11 is 0. The fourth-order valence-corrected chi connectivity index (χ4v) is 1.72. The van der Waals surface area contributed by atoms with Crippen LogP contribution < -0.4 is 5.73 Å². The van der Waals surface area contributed by atoms with Crippen molar-refractivity contribution < 1.29 is 14.3 Å². The minimum absolute atomic E-state index is 0.0842. The highest BCUT2D eigenvalue weighted by molar-refractivity contribution is 5.96. The molecule has 2 N–H and O–H groups in total. The van der Waals surface area contributed by atoms with E-state index in [1.807, 2.05) is 51.1 Å². The Labute approximate surface area is 126 Å². The monoisotopic (exact) mass is 292 g/mol. The summed E-state index contributed by atoms with van der Waals surface area (Å²) in [6, 6.07) is 8.48. The van der Waals surface area contributed by atoms with Gasteiger partial charge in [-0.3, -0.25) is 14.5 Å². The van der Waals surface area contributed by atoms with Gasteiger partial charge in [-0.15, -0.1) is 0 Å². The first-order valence-electron chi connectivity index (χ1n) is 6.96. The zero-order valence-electron chi connectivity index (χ0n) is 13.1. The van der Waals surface area contributed by atoms with Crippen molar-refractivity contribution in [2.75, 3.05) is 6.61 Å². The topological polar surface area (TPSA) is 72.6 Å². The van der Waals surface area contributed by atoms with E-state index in [0.717, 1.165) is 10.5 Å². The molecule has 0 fully saturated rings. The Morgan fingerprint density at radius 2 is 1.81 bits per heavy atom. The SMILES string of the molecule is CC(=O)N(Cc1ccccc1)C(=O)[C@H](N)COC(C)(C)C. The molecule has 0 radical (unpaired) electrons. The predicted molar refractivity (Wildman–Crippen MR) is 81.4 cm³/mol.